The molecule has 0 saturated carbocycles. The highest BCUT2D eigenvalue weighted by atomic mass is 32.2. The molecular formula is C14H27NO4S. The topological polar surface area (TPSA) is 74.7 Å². The molecule has 0 aliphatic carbocycles. The minimum Gasteiger partial charge on any atom is -0.481 e. The van der Waals surface area contributed by atoms with E-state index in [2.05, 4.69) is 4.90 Å². The van der Waals surface area contributed by atoms with Gasteiger partial charge >= 0.3 is 5.97 Å². The average Bonchev–Trinajstić information content (AvgIpc) is 2.41. The van der Waals surface area contributed by atoms with Crippen molar-refractivity contribution < 1.29 is 18.3 Å². The molecule has 0 atom stereocenters. The van der Waals surface area contributed by atoms with Crippen LogP contribution in [0.15, 0.2) is 0 Å². The number of likely N-dealkylation sites (tertiary alicyclic amines) is 1. The first-order chi connectivity index (χ1) is 9.35. The molecule has 1 rings (SSSR count). The fourth-order valence-electron chi connectivity index (χ4n) is 2.91. The molecule has 1 saturated heterocycles. The summed E-state index contributed by atoms with van der Waals surface area (Å²) in [7, 11) is -2.89. The lowest BCUT2D eigenvalue weighted by atomic mass is 9.75. The van der Waals surface area contributed by atoms with Crippen molar-refractivity contribution in [2.24, 2.45) is 5.41 Å². The van der Waals surface area contributed by atoms with Gasteiger partial charge in [0.25, 0.3) is 0 Å². The first-order valence-electron chi connectivity index (χ1n) is 7.51. The van der Waals surface area contributed by atoms with Gasteiger partial charge in [-0.25, -0.2) is 8.42 Å². The molecule has 20 heavy (non-hydrogen) atoms. The molecule has 1 N–H and O–H groups in total. The van der Waals surface area contributed by atoms with E-state index < -0.39 is 21.2 Å². The molecule has 1 heterocycles. The number of hydrogen-bond donors (Lipinski definition) is 1. The lowest BCUT2D eigenvalue weighted by molar-refractivity contribution is -0.152. The summed E-state index contributed by atoms with van der Waals surface area (Å²) in [6, 6.07) is 0. The molecule has 5 nitrogen and oxygen atoms in total. The van der Waals surface area contributed by atoms with Crippen LogP contribution in [0, 0.1) is 5.41 Å². The van der Waals surface area contributed by atoms with E-state index in [-0.39, 0.29) is 11.5 Å². The highest BCUT2D eigenvalue weighted by molar-refractivity contribution is 7.91. The van der Waals surface area contributed by atoms with Gasteiger partial charge in [0.15, 0.2) is 0 Å². The maximum Gasteiger partial charge on any atom is 0.309 e. The molecule has 0 aromatic carbocycles. The predicted octanol–water partition coefficient (Wildman–Crippen LogP) is 1.78. The Bertz CT molecular complexity index is 411. The van der Waals surface area contributed by atoms with Gasteiger partial charge in [-0.2, -0.15) is 0 Å². The Hall–Kier alpha value is -0.620. The molecule has 1 fully saturated rings. The maximum absolute atomic E-state index is 11.5. The number of carboxylic acid groups (broad SMARTS) is 1. The highest BCUT2D eigenvalue weighted by Gasteiger charge is 2.40. The summed E-state index contributed by atoms with van der Waals surface area (Å²) in [4.78, 5) is 13.7. The van der Waals surface area contributed by atoms with Gasteiger partial charge in [0, 0.05) is 5.75 Å². The number of piperidine rings is 1. The van der Waals surface area contributed by atoms with Gasteiger partial charge in [0.1, 0.15) is 9.84 Å². The van der Waals surface area contributed by atoms with E-state index in [1.807, 2.05) is 6.92 Å². The van der Waals surface area contributed by atoms with Crippen molar-refractivity contribution in [3.8, 4) is 0 Å². The van der Waals surface area contributed by atoms with E-state index in [0.29, 0.717) is 19.3 Å². The lowest BCUT2D eigenvalue weighted by Gasteiger charge is -2.38. The quantitative estimate of drug-likeness (QED) is 0.740. The van der Waals surface area contributed by atoms with E-state index in [9.17, 15) is 18.3 Å². The third-order valence-electron chi connectivity index (χ3n) is 4.36. The third kappa shape index (κ3) is 4.74. The largest absolute Gasteiger partial charge is 0.481 e. The zero-order valence-electron chi connectivity index (χ0n) is 12.6. The minimum absolute atomic E-state index is 0.200. The number of nitrogens with zero attached hydrogens (tertiary/aromatic N) is 1. The van der Waals surface area contributed by atoms with Crippen molar-refractivity contribution in [1.29, 1.82) is 0 Å². The first kappa shape index (κ1) is 17.4. The Labute approximate surface area is 122 Å². The van der Waals surface area contributed by atoms with Gasteiger partial charge in [-0.3, -0.25) is 4.79 Å². The van der Waals surface area contributed by atoms with Crippen molar-refractivity contribution in [2.75, 3.05) is 31.1 Å². The normalized spacial score (nSPS) is 19.9. The Kier molecular flexibility index (Phi) is 6.45. The van der Waals surface area contributed by atoms with E-state index >= 15 is 0 Å². The molecule has 0 spiro atoms. The van der Waals surface area contributed by atoms with Gasteiger partial charge in [0.05, 0.1) is 11.2 Å². The smallest absolute Gasteiger partial charge is 0.309 e. The summed E-state index contributed by atoms with van der Waals surface area (Å²) in [5.41, 5.74) is -0.555. The number of carboxylic acids is 1. The second kappa shape index (κ2) is 7.41. The molecule has 1 aliphatic rings. The molecular weight excluding hydrogens is 278 g/mol. The van der Waals surface area contributed by atoms with Crippen LogP contribution >= 0.6 is 0 Å². The van der Waals surface area contributed by atoms with Crippen LogP contribution in [0.4, 0.5) is 0 Å². The molecule has 0 radical (unpaired) electrons. The Morgan fingerprint density at radius 2 is 1.85 bits per heavy atom. The zero-order valence-corrected chi connectivity index (χ0v) is 13.4. The molecule has 6 heteroatoms. The fourth-order valence-corrected chi connectivity index (χ4v) is 3.76. The predicted molar refractivity (Wildman–Crippen MR) is 79.6 cm³/mol. The van der Waals surface area contributed by atoms with Crippen LogP contribution in [0.25, 0.3) is 0 Å². The summed E-state index contributed by atoms with van der Waals surface area (Å²) >= 11 is 0. The van der Waals surface area contributed by atoms with Gasteiger partial charge < -0.3 is 10.0 Å². The van der Waals surface area contributed by atoms with E-state index in [1.54, 1.807) is 6.92 Å². The second-order valence-corrected chi connectivity index (χ2v) is 8.24. The number of aliphatic carboxylic acids is 1. The van der Waals surface area contributed by atoms with Crippen molar-refractivity contribution in [3.63, 3.8) is 0 Å². The Balaban J connectivity index is 2.40. The van der Waals surface area contributed by atoms with Gasteiger partial charge in [0.2, 0.25) is 0 Å². The average molecular weight is 305 g/mol. The zero-order chi connectivity index (χ0) is 15.2. The van der Waals surface area contributed by atoms with Gasteiger partial charge in [-0.1, -0.05) is 20.3 Å². The van der Waals surface area contributed by atoms with Crippen LogP contribution < -0.4 is 0 Å². The number of rotatable bonds is 8. The monoisotopic (exact) mass is 305 g/mol. The molecule has 118 valence electrons. The SMILES string of the molecule is CCCC1(C(=O)O)CCN(CCCS(=O)(=O)CC)CC1. The number of hydrogen-bond acceptors (Lipinski definition) is 4. The summed E-state index contributed by atoms with van der Waals surface area (Å²) < 4.78 is 22.8. The standard InChI is InChI=1S/C14H27NO4S/c1-3-6-14(13(16)17)7-10-15(11-8-14)9-5-12-20(18,19)4-2/h3-12H2,1-2H3,(H,16,17). The summed E-state index contributed by atoms with van der Waals surface area (Å²) in [6.45, 7) is 5.97. The summed E-state index contributed by atoms with van der Waals surface area (Å²) in [5, 5.41) is 9.42. The molecule has 1 aliphatic heterocycles. The molecule has 0 bridgehead atoms. The fraction of sp³-hybridized carbons (Fsp3) is 0.929. The van der Waals surface area contributed by atoms with Gasteiger partial charge in [-0.15, -0.1) is 0 Å². The number of sulfone groups is 1. The third-order valence-corrected chi connectivity index (χ3v) is 6.16. The van der Waals surface area contributed by atoms with E-state index in [0.717, 1.165) is 32.5 Å². The van der Waals surface area contributed by atoms with Crippen LogP contribution in [-0.4, -0.2) is 55.5 Å². The van der Waals surface area contributed by atoms with Crippen LogP contribution in [-0.2, 0) is 14.6 Å². The summed E-state index contributed by atoms with van der Waals surface area (Å²) in [6.07, 6.45) is 3.62. The van der Waals surface area contributed by atoms with Crippen molar-refractivity contribution in [1.82, 2.24) is 4.90 Å². The van der Waals surface area contributed by atoms with E-state index in [4.69, 9.17) is 0 Å². The molecule has 0 aromatic rings. The van der Waals surface area contributed by atoms with E-state index in [1.165, 1.54) is 0 Å². The van der Waals surface area contributed by atoms with Crippen molar-refractivity contribution >= 4 is 15.8 Å². The molecule has 0 amide bonds. The Morgan fingerprint density at radius 1 is 1.25 bits per heavy atom. The number of carbonyl (C=O) groups is 1. The van der Waals surface area contributed by atoms with Crippen molar-refractivity contribution in [2.45, 2.75) is 46.0 Å². The van der Waals surface area contributed by atoms with Crippen LogP contribution in [0.5, 0.6) is 0 Å². The van der Waals surface area contributed by atoms with Crippen molar-refractivity contribution in [3.05, 3.63) is 0 Å². The second-order valence-electron chi connectivity index (χ2n) is 5.77. The molecule has 0 aromatic heterocycles. The molecule has 0 unspecified atom stereocenters. The minimum atomic E-state index is -2.89. The van der Waals surface area contributed by atoms with Crippen LogP contribution in [0.3, 0.4) is 0 Å². The highest BCUT2D eigenvalue weighted by Crippen LogP contribution is 2.36. The Morgan fingerprint density at radius 3 is 2.30 bits per heavy atom. The van der Waals surface area contributed by atoms with Gasteiger partial charge in [-0.05, 0) is 45.3 Å². The van der Waals surface area contributed by atoms with Crippen LogP contribution in [0.1, 0.15) is 46.0 Å². The lowest BCUT2D eigenvalue weighted by Crippen LogP contribution is -2.44. The van der Waals surface area contributed by atoms with Crippen LogP contribution in [0.2, 0.25) is 0 Å². The summed E-state index contributed by atoms with van der Waals surface area (Å²) in [5.74, 6) is -0.238. The maximum atomic E-state index is 11.5. The first-order valence-corrected chi connectivity index (χ1v) is 9.33.